The fourth-order valence-corrected chi connectivity index (χ4v) is 2.15. The summed E-state index contributed by atoms with van der Waals surface area (Å²) in [6, 6.07) is 13.6. The number of benzene rings is 2. The number of aliphatic hydroxyl groups excluding tert-OH is 1. The van der Waals surface area contributed by atoms with Gasteiger partial charge in [0.05, 0.1) is 24.4 Å². The number of carbonyl (C=O) groups is 1. The van der Waals surface area contributed by atoms with Gasteiger partial charge in [-0.1, -0.05) is 24.3 Å². The van der Waals surface area contributed by atoms with Crippen molar-refractivity contribution in [2.45, 2.75) is 6.42 Å². The molecule has 2 rings (SSSR count). The van der Waals surface area contributed by atoms with Crippen LogP contribution in [-0.4, -0.2) is 29.3 Å². The lowest BCUT2D eigenvalue weighted by Crippen LogP contribution is -2.35. The van der Waals surface area contributed by atoms with Crippen molar-refractivity contribution in [2.75, 3.05) is 23.8 Å². The third-order valence-electron chi connectivity index (χ3n) is 3.12. The predicted octanol–water partition coefficient (Wildman–Crippen LogP) is 1.54. The highest BCUT2D eigenvalue weighted by Gasteiger charge is 2.17. The molecule has 0 aliphatic carbocycles. The van der Waals surface area contributed by atoms with Gasteiger partial charge in [0.15, 0.2) is 0 Å². The molecule has 0 radical (unpaired) electrons. The van der Waals surface area contributed by atoms with Crippen molar-refractivity contribution in [1.29, 1.82) is 0 Å². The van der Waals surface area contributed by atoms with E-state index in [0.29, 0.717) is 16.9 Å². The van der Waals surface area contributed by atoms with Gasteiger partial charge in [-0.15, -0.1) is 0 Å². The maximum Gasteiger partial charge on any atom is 0.231 e. The minimum absolute atomic E-state index is 0.119. The van der Waals surface area contributed by atoms with Gasteiger partial charge in [-0.25, -0.2) is 0 Å². The van der Waals surface area contributed by atoms with E-state index in [-0.39, 0.29) is 31.2 Å². The van der Waals surface area contributed by atoms with Crippen molar-refractivity contribution in [2.24, 2.45) is 0 Å². The summed E-state index contributed by atoms with van der Waals surface area (Å²) in [7, 11) is 0. The summed E-state index contributed by atoms with van der Waals surface area (Å²) in [5, 5.41) is 18.6. The fraction of sp³-hybridized carbons (Fsp3) is 0.188. The molecule has 2 aromatic carbocycles. The van der Waals surface area contributed by atoms with Crippen LogP contribution in [0.3, 0.4) is 0 Å². The second kappa shape index (κ2) is 6.76. The molecule has 0 spiro atoms. The molecule has 5 nitrogen and oxygen atoms in total. The minimum Gasteiger partial charge on any atom is -0.508 e. The number of amides is 1. The number of aromatic hydroxyl groups is 1. The van der Waals surface area contributed by atoms with Crippen molar-refractivity contribution < 1.29 is 15.0 Å². The van der Waals surface area contributed by atoms with E-state index in [1.807, 2.05) is 0 Å². The second-order valence-electron chi connectivity index (χ2n) is 4.67. The van der Waals surface area contributed by atoms with Gasteiger partial charge in [0, 0.05) is 6.54 Å². The number of phenolic OH excluding ortho intramolecular Hbond substituents is 1. The molecule has 4 N–H and O–H groups in total. The molecule has 0 atom stereocenters. The van der Waals surface area contributed by atoms with E-state index >= 15 is 0 Å². The fourth-order valence-electron chi connectivity index (χ4n) is 2.15. The molecule has 110 valence electrons. The number of hydrogen-bond acceptors (Lipinski definition) is 4. The monoisotopic (exact) mass is 286 g/mol. The van der Waals surface area contributed by atoms with E-state index in [1.165, 1.54) is 4.90 Å². The van der Waals surface area contributed by atoms with Crippen LogP contribution >= 0.6 is 0 Å². The SMILES string of the molecule is Nc1ccccc1N(CCO)C(=O)Cc1cccc(O)c1. The Morgan fingerprint density at radius 2 is 1.90 bits per heavy atom. The molecule has 0 aliphatic rings. The summed E-state index contributed by atoms with van der Waals surface area (Å²) in [6.07, 6.45) is 0.128. The maximum atomic E-state index is 12.4. The summed E-state index contributed by atoms with van der Waals surface area (Å²) in [6.45, 7) is 0.0198. The third kappa shape index (κ3) is 3.73. The highest BCUT2D eigenvalue weighted by atomic mass is 16.3. The zero-order valence-electron chi connectivity index (χ0n) is 11.6. The molecular formula is C16H18N2O3. The Morgan fingerprint density at radius 3 is 2.57 bits per heavy atom. The molecule has 0 fully saturated rings. The number of nitrogen functional groups attached to an aromatic ring is 1. The van der Waals surface area contributed by atoms with Gasteiger partial charge in [-0.05, 0) is 29.8 Å². The number of hydrogen-bond donors (Lipinski definition) is 3. The van der Waals surface area contributed by atoms with Crippen LogP contribution in [0.15, 0.2) is 48.5 Å². The molecule has 0 saturated carbocycles. The van der Waals surface area contributed by atoms with Gasteiger partial charge in [-0.2, -0.15) is 0 Å². The van der Waals surface area contributed by atoms with Crippen LogP contribution in [0, 0.1) is 0 Å². The Kier molecular flexibility index (Phi) is 4.79. The zero-order valence-corrected chi connectivity index (χ0v) is 11.6. The van der Waals surface area contributed by atoms with Gasteiger partial charge in [0.2, 0.25) is 5.91 Å². The molecule has 0 aromatic heterocycles. The molecule has 2 aromatic rings. The van der Waals surface area contributed by atoms with Crippen LogP contribution < -0.4 is 10.6 Å². The number of aliphatic hydroxyl groups is 1. The third-order valence-corrected chi connectivity index (χ3v) is 3.12. The van der Waals surface area contributed by atoms with E-state index < -0.39 is 0 Å². The number of phenols is 1. The number of rotatable bonds is 5. The Hall–Kier alpha value is -2.53. The minimum atomic E-state index is -0.187. The quantitative estimate of drug-likeness (QED) is 0.728. The first-order valence-electron chi connectivity index (χ1n) is 6.65. The number of para-hydroxylation sites is 2. The normalized spacial score (nSPS) is 10.3. The predicted molar refractivity (Wildman–Crippen MR) is 82.1 cm³/mol. The Labute approximate surface area is 123 Å². The second-order valence-corrected chi connectivity index (χ2v) is 4.67. The molecule has 21 heavy (non-hydrogen) atoms. The standard InChI is InChI=1S/C16H18N2O3/c17-14-6-1-2-7-15(14)18(8-9-19)16(21)11-12-4-3-5-13(20)10-12/h1-7,10,19-20H,8-9,11,17H2. The Morgan fingerprint density at radius 1 is 1.14 bits per heavy atom. The van der Waals surface area contributed by atoms with Crippen LogP contribution in [0.25, 0.3) is 0 Å². The zero-order chi connectivity index (χ0) is 15.2. The number of nitrogens with zero attached hydrogens (tertiary/aromatic N) is 1. The summed E-state index contributed by atoms with van der Waals surface area (Å²) in [4.78, 5) is 13.9. The smallest absolute Gasteiger partial charge is 0.231 e. The number of anilines is 2. The average Bonchev–Trinajstić information content (AvgIpc) is 2.45. The summed E-state index contributed by atoms with van der Waals surface area (Å²) in [5.74, 6) is -0.0687. The molecule has 5 heteroatoms. The van der Waals surface area contributed by atoms with Crippen molar-refractivity contribution >= 4 is 17.3 Å². The first-order valence-corrected chi connectivity index (χ1v) is 6.65. The highest BCUT2D eigenvalue weighted by Crippen LogP contribution is 2.23. The van der Waals surface area contributed by atoms with Gasteiger partial charge < -0.3 is 20.8 Å². The molecular weight excluding hydrogens is 268 g/mol. The molecule has 0 bridgehead atoms. The van der Waals surface area contributed by atoms with Crippen LogP contribution in [0.4, 0.5) is 11.4 Å². The van der Waals surface area contributed by atoms with Crippen LogP contribution in [-0.2, 0) is 11.2 Å². The lowest BCUT2D eigenvalue weighted by atomic mass is 10.1. The lowest BCUT2D eigenvalue weighted by molar-refractivity contribution is -0.118. The summed E-state index contributed by atoms with van der Waals surface area (Å²) < 4.78 is 0. The van der Waals surface area contributed by atoms with Crippen molar-refractivity contribution in [3.63, 3.8) is 0 Å². The van der Waals surface area contributed by atoms with E-state index in [4.69, 9.17) is 5.73 Å². The van der Waals surface area contributed by atoms with Crippen molar-refractivity contribution in [1.82, 2.24) is 0 Å². The summed E-state index contributed by atoms with van der Waals surface area (Å²) in [5.41, 5.74) is 7.66. The molecule has 0 unspecified atom stereocenters. The van der Waals surface area contributed by atoms with Gasteiger partial charge in [-0.3, -0.25) is 4.79 Å². The van der Waals surface area contributed by atoms with E-state index in [1.54, 1.807) is 48.5 Å². The molecule has 0 saturated heterocycles. The lowest BCUT2D eigenvalue weighted by Gasteiger charge is -2.23. The topological polar surface area (TPSA) is 86.8 Å². The van der Waals surface area contributed by atoms with Gasteiger partial charge in [0.25, 0.3) is 0 Å². The van der Waals surface area contributed by atoms with E-state index in [9.17, 15) is 15.0 Å². The van der Waals surface area contributed by atoms with E-state index in [0.717, 1.165) is 0 Å². The Bertz CT molecular complexity index is 628. The summed E-state index contributed by atoms with van der Waals surface area (Å²) >= 11 is 0. The Balaban J connectivity index is 2.22. The average molecular weight is 286 g/mol. The number of carbonyl (C=O) groups excluding carboxylic acids is 1. The van der Waals surface area contributed by atoms with Gasteiger partial charge >= 0.3 is 0 Å². The molecule has 0 heterocycles. The first kappa shape index (κ1) is 14.9. The maximum absolute atomic E-state index is 12.4. The first-order chi connectivity index (χ1) is 10.1. The largest absolute Gasteiger partial charge is 0.508 e. The van der Waals surface area contributed by atoms with Crippen molar-refractivity contribution in [3.8, 4) is 5.75 Å². The molecule has 0 aliphatic heterocycles. The molecule has 1 amide bonds. The van der Waals surface area contributed by atoms with Gasteiger partial charge in [0.1, 0.15) is 5.75 Å². The van der Waals surface area contributed by atoms with Crippen LogP contribution in [0.2, 0.25) is 0 Å². The van der Waals surface area contributed by atoms with Crippen LogP contribution in [0.5, 0.6) is 5.75 Å². The van der Waals surface area contributed by atoms with Crippen molar-refractivity contribution in [3.05, 3.63) is 54.1 Å². The highest BCUT2D eigenvalue weighted by molar-refractivity contribution is 5.97. The van der Waals surface area contributed by atoms with Crippen LogP contribution in [0.1, 0.15) is 5.56 Å². The van der Waals surface area contributed by atoms with E-state index in [2.05, 4.69) is 0 Å². The number of nitrogens with two attached hydrogens (primary N) is 1.